The molecule has 0 aliphatic heterocycles. The Morgan fingerprint density at radius 1 is 1.00 bits per heavy atom. The van der Waals surface area contributed by atoms with E-state index in [0.717, 1.165) is 10.6 Å². The molecule has 0 saturated heterocycles. The van der Waals surface area contributed by atoms with Crippen LogP contribution in [0.5, 0.6) is 0 Å². The Kier molecular flexibility index (Phi) is 7.02. The van der Waals surface area contributed by atoms with Gasteiger partial charge in [-0.3, -0.25) is 14.4 Å². The van der Waals surface area contributed by atoms with Gasteiger partial charge in [0.05, 0.1) is 12.5 Å². The first kappa shape index (κ1) is 21.4. The summed E-state index contributed by atoms with van der Waals surface area (Å²) in [6, 6.07) is 18.8. The average molecular weight is 387 g/mol. The minimum absolute atomic E-state index is 0.0534. The second kappa shape index (κ2) is 8.86. The SMILES string of the molecule is CCOC(=O)[C@@H](C)[C@](C)(NP(=O)(c1ccccc1)c1ccccc1)C(C)C. The van der Waals surface area contributed by atoms with Gasteiger partial charge in [-0.05, 0) is 44.0 Å². The Labute approximate surface area is 162 Å². The van der Waals surface area contributed by atoms with Gasteiger partial charge in [-0.25, -0.2) is 0 Å². The number of benzene rings is 2. The Hall–Kier alpha value is -1.90. The van der Waals surface area contributed by atoms with Crippen molar-refractivity contribution in [2.75, 3.05) is 6.61 Å². The van der Waals surface area contributed by atoms with Gasteiger partial charge in [0, 0.05) is 16.1 Å². The third-order valence-corrected chi connectivity index (χ3v) is 8.22. The van der Waals surface area contributed by atoms with Crippen LogP contribution in [0.2, 0.25) is 0 Å². The number of hydrogen-bond acceptors (Lipinski definition) is 3. The maximum absolute atomic E-state index is 14.4. The molecule has 5 heteroatoms. The Morgan fingerprint density at radius 3 is 1.81 bits per heavy atom. The first-order valence-electron chi connectivity index (χ1n) is 9.43. The molecule has 0 aromatic heterocycles. The van der Waals surface area contributed by atoms with E-state index in [0.29, 0.717) is 6.61 Å². The summed E-state index contributed by atoms with van der Waals surface area (Å²) in [4.78, 5) is 12.5. The normalized spacial score (nSPS) is 15.2. The van der Waals surface area contributed by atoms with E-state index in [1.165, 1.54) is 0 Å². The molecule has 0 fully saturated rings. The van der Waals surface area contributed by atoms with Crippen LogP contribution in [0, 0.1) is 11.8 Å². The fourth-order valence-electron chi connectivity index (χ4n) is 3.13. The minimum atomic E-state index is -3.17. The lowest BCUT2D eigenvalue weighted by Gasteiger charge is -2.42. The van der Waals surface area contributed by atoms with E-state index in [1.54, 1.807) is 6.92 Å². The quantitative estimate of drug-likeness (QED) is 0.547. The third kappa shape index (κ3) is 4.51. The molecule has 4 nitrogen and oxygen atoms in total. The first-order valence-corrected chi connectivity index (χ1v) is 11.1. The predicted octanol–water partition coefficient (Wildman–Crippen LogP) is 4.12. The highest BCUT2D eigenvalue weighted by Gasteiger charge is 2.45. The van der Waals surface area contributed by atoms with Crippen molar-refractivity contribution in [2.45, 2.75) is 40.2 Å². The zero-order valence-corrected chi connectivity index (χ0v) is 17.7. The summed E-state index contributed by atoms with van der Waals surface area (Å²) in [5.41, 5.74) is -0.715. The fourth-order valence-corrected chi connectivity index (χ4v) is 6.00. The molecule has 27 heavy (non-hydrogen) atoms. The molecular weight excluding hydrogens is 357 g/mol. The highest BCUT2D eigenvalue weighted by atomic mass is 31.2. The second-order valence-electron chi connectivity index (χ2n) is 7.30. The lowest BCUT2D eigenvalue weighted by atomic mass is 9.78. The summed E-state index contributed by atoms with van der Waals surface area (Å²) >= 11 is 0. The number of carbonyl (C=O) groups excluding carboxylic acids is 1. The second-order valence-corrected chi connectivity index (χ2v) is 9.78. The molecule has 0 bridgehead atoms. The molecule has 146 valence electrons. The molecule has 0 aliphatic rings. The molecule has 0 saturated carbocycles. The standard InChI is InChI=1S/C22H30NO3P/c1-6-26-21(24)18(4)22(5,17(2)3)23-27(25,19-13-9-7-10-14-19)20-15-11-8-12-16-20/h7-18H,6H2,1-5H3,(H,23,25)/t18-,22-/m1/s1. The lowest BCUT2D eigenvalue weighted by Crippen LogP contribution is -2.55. The number of hydrogen-bond donors (Lipinski definition) is 1. The fraction of sp³-hybridized carbons (Fsp3) is 0.409. The zero-order chi connectivity index (χ0) is 20.1. The maximum atomic E-state index is 14.4. The Bertz CT molecular complexity index is 748. The van der Waals surface area contributed by atoms with Crippen molar-refractivity contribution in [3.63, 3.8) is 0 Å². The molecule has 2 rings (SSSR count). The monoisotopic (exact) mass is 387 g/mol. The van der Waals surface area contributed by atoms with Crippen molar-refractivity contribution in [1.29, 1.82) is 0 Å². The summed E-state index contributed by atoms with van der Waals surface area (Å²) in [5, 5.41) is 4.88. The van der Waals surface area contributed by atoms with Crippen LogP contribution in [0.15, 0.2) is 60.7 Å². The highest BCUT2D eigenvalue weighted by molar-refractivity contribution is 7.77. The molecular formula is C22H30NO3P. The van der Waals surface area contributed by atoms with Crippen molar-refractivity contribution in [1.82, 2.24) is 5.09 Å². The van der Waals surface area contributed by atoms with Crippen LogP contribution in [0.1, 0.15) is 34.6 Å². The van der Waals surface area contributed by atoms with Gasteiger partial charge in [-0.15, -0.1) is 0 Å². The minimum Gasteiger partial charge on any atom is -0.466 e. The van der Waals surface area contributed by atoms with E-state index in [2.05, 4.69) is 5.09 Å². The largest absolute Gasteiger partial charge is 0.466 e. The summed E-state index contributed by atoms with van der Waals surface area (Å²) < 4.78 is 19.6. The molecule has 0 aliphatic carbocycles. The van der Waals surface area contributed by atoms with Crippen molar-refractivity contribution in [3.05, 3.63) is 60.7 Å². The van der Waals surface area contributed by atoms with Gasteiger partial charge in [0.1, 0.15) is 0 Å². The van der Waals surface area contributed by atoms with Gasteiger partial charge in [0.2, 0.25) is 7.29 Å². The van der Waals surface area contributed by atoms with E-state index in [1.807, 2.05) is 88.4 Å². The van der Waals surface area contributed by atoms with E-state index in [4.69, 9.17) is 4.74 Å². The van der Waals surface area contributed by atoms with Crippen LogP contribution in [-0.2, 0) is 14.1 Å². The van der Waals surface area contributed by atoms with Gasteiger partial charge in [-0.1, -0.05) is 57.2 Å². The van der Waals surface area contributed by atoms with Crippen LogP contribution < -0.4 is 15.7 Å². The molecule has 0 heterocycles. The molecule has 0 radical (unpaired) electrons. The topological polar surface area (TPSA) is 55.4 Å². The van der Waals surface area contributed by atoms with Gasteiger partial charge < -0.3 is 4.74 Å². The van der Waals surface area contributed by atoms with Gasteiger partial charge in [0.15, 0.2) is 0 Å². The van der Waals surface area contributed by atoms with Crippen LogP contribution in [-0.4, -0.2) is 18.1 Å². The number of esters is 1. The summed E-state index contributed by atoms with van der Waals surface area (Å²) in [6.07, 6.45) is 0. The number of rotatable bonds is 8. The van der Waals surface area contributed by atoms with Gasteiger partial charge in [-0.2, -0.15) is 0 Å². The van der Waals surface area contributed by atoms with Crippen molar-refractivity contribution in [3.8, 4) is 0 Å². The van der Waals surface area contributed by atoms with Crippen LogP contribution in [0.25, 0.3) is 0 Å². The molecule has 2 aromatic carbocycles. The summed E-state index contributed by atoms with van der Waals surface area (Å²) in [6.45, 7) is 9.98. The maximum Gasteiger partial charge on any atom is 0.310 e. The van der Waals surface area contributed by atoms with Crippen molar-refractivity contribution < 1.29 is 14.1 Å². The van der Waals surface area contributed by atoms with E-state index in [-0.39, 0.29) is 11.9 Å². The van der Waals surface area contributed by atoms with Gasteiger partial charge in [0.25, 0.3) is 0 Å². The molecule has 1 N–H and O–H groups in total. The van der Waals surface area contributed by atoms with Gasteiger partial charge >= 0.3 is 5.97 Å². The van der Waals surface area contributed by atoms with E-state index < -0.39 is 18.7 Å². The van der Waals surface area contributed by atoms with Crippen molar-refractivity contribution in [2.24, 2.45) is 11.8 Å². The number of ether oxygens (including phenoxy) is 1. The smallest absolute Gasteiger partial charge is 0.310 e. The zero-order valence-electron chi connectivity index (χ0n) is 16.8. The summed E-state index contributed by atoms with van der Waals surface area (Å²) in [5.74, 6) is -0.690. The van der Waals surface area contributed by atoms with Crippen molar-refractivity contribution >= 4 is 23.9 Å². The molecule has 0 unspecified atom stereocenters. The molecule has 2 atom stereocenters. The van der Waals surface area contributed by atoms with E-state index >= 15 is 0 Å². The summed E-state index contributed by atoms with van der Waals surface area (Å²) in [7, 11) is -3.17. The molecule has 2 aromatic rings. The molecule has 0 spiro atoms. The van der Waals surface area contributed by atoms with E-state index in [9.17, 15) is 9.36 Å². The first-order chi connectivity index (χ1) is 12.8. The lowest BCUT2D eigenvalue weighted by molar-refractivity contribution is -0.150. The number of carbonyl (C=O) groups is 1. The highest BCUT2D eigenvalue weighted by Crippen LogP contribution is 2.44. The Morgan fingerprint density at radius 2 is 1.44 bits per heavy atom. The Balaban J connectivity index is 2.56. The predicted molar refractivity (Wildman–Crippen MR) is 112 cm³/mol. The van der Waals surface area contributed by atoms with Crippen LogP contribution in [0.3, 0.4) is 0 Å². The van der Waals surface area contributed by atoms with Crippen LogP contribution in [0.4, 0.5) is 0 Å². The third-order valence-electron chi connectivity index (χ3n) is 5.38. The van der Waals surface area contributed by atoms with Crippen LogP contribution >= 0.6 is 7.29 Å². The molecule has 0 amide bonds. The number of nitrogens with one attached hydrogen (secondary N) is 1. The average Bonchev–Trinajstić information content (AvgIpc) is 2.68.